The Morgan fingerprint density at radius 2 is 1.88 bits per heavy atom. The Labute approximate surface area is 157 Å². The molecule has 3 fully saturated rings. The van der Waals surface area contributed by atoms with Gasteiger partial charge in [0.1, 0.15) is 10.7 Å². The van der Waals surface area contributed by atoms with Crippen LogP contribution in [0, 0.1) is 5.92 Å². The number of likely N-dealkylation sites (tertiary alicyclic amines) is 1. The third-order valence-electron chi connectivity index (χ3n) is 6.15. The molecule has 7 heteroatoms. The van der Waals surface area contributed by atoms with Gasteiger partial charge in [-0.25, -0.2) is 18.1 Å². The Morgan fingerprint density at radius 1 is 1.12 bits per heavy atom. The van der Waals surface area contributed by atoms with Crippen molar-refractivity contribution >= 4 is 15.8 Å². The van der Waals surface area contributed by atoms with Crippen LogP contribution in [0.1, 0.15) is 45.4 Å². The predicted octanol–water partition coefficient (Wildman–Crippen LogP) is 2.22. The highest BCUT2D eigenvalue weighted by Gasteiger charge is 2.31. The Balaban J connectivity index is 1.34. The van der Waals surface area contributed by atoms with Crippen LogP contribution in [0.15, 0.2) is 23.2 Å². The van der Waals surface area contributed by atoms with Gasteiger partial charge in [0.25, 0.3) is 0 Å². The summed E-state index contributed by atoms with van der Waals surface area (Å²) in [5.41, 5.74) is 0. The van der Waals surface area contributed by atoms with Gasteiger partial charge in [0.15, 0.2) is 0 Å². The largest absolute Gasteiger partial charge is 0.357 e. The molecule has 1 unspecified atom stereocenters. The molecule has 3 aliphatic rings. The van der Waals surface area contributed by atoms with Gasteiger partial charge in [0.2, 0.25) is 10.0 Å². The minimum Gasteiger partial charge on any atom is -0.357 e. The third kappa shape index (κ3) is 4.05. The summed E-state index contributed by atoms with van der Waals surface area (Å²) in [6.07, 6.45) is 8.74. The Bertz CT molecular complexity index is 710. The van der Waals surface area contributed by atoms with Crippen molar-refractivity contribution in [1.82, 2.24) is 14.6 Å². The van der Waals surface area contributed by atoms with Crippen LogP contribution < -0.4 is 9.62 Å². The minimum atomic E-state index is -3.43. The number of aromatic nitrogens is 1. The van der Waals surface area contributed by atoms with E-state index < -0.39 is 10.0 Å². The predicted molar refractivity (Wildman–Crippen MR) is 103 cm³/mol. The Hall–Kier alpha value is -1.18. The van der Waals surface area contributed by atoms with Crippen molar-refractivity contribution in [2.45, 2.75) is 62.4 Å². The molecular weight excluding hydrogens is 348 g/mol. The smallest absolute Gasteiger partial charge is 0.242 e. The number of piperidine rings is 1. The highest BCUT2D eigenvalue weighted by atomic mass is 32.2. The molecule has 1 aliphatic carbocycles. The number of nitrogens with zero attached hydrogens (tertiary/aromatic N) is 3. The molecule has 0 amide bonds. The van der Waals surface area contributed by atoms with Crippen molar-refractivity contribution in [3.63, 3.8) is 0 Å². The Morgan fingerprint density at radius 3 is 2.46 bits per heavy atom. The van der Waals surface area contributed by atoms with Crippen LogP contribution in [-0.4, -0.2) is 56.6 Å². The molecule has 0 bridgehead atoms. The summed E-state index contributed by atoms with van der Waals surface area (Å²) in [6, 6.07) is 4.95. The molecule has 144 valence electrons. The van der Waals surface area contributed by atoms with Crippen LogP contribution in [-0.2, 0) is 10.0 Å². The van der Waals surface area contributed by atoms with E-state index in [9.17, 15) is 8.42 Å². The van der Waals surface area contributed by atoms with Gasteiger partial charge in [-0.15, -0.1) is 0 Å². The average molecular weight is 379 g/mol. The zero-order valence-electron chi connectivity index (χ0n) is 15.6. The first-order valence-corrected chi connectivity index (χ1v) is 11.5. The quantitative estimate of drug-likeness (QED) is 0.822. The molecule has 0 spiro atoms. The third-order valence-corrected chi connectivity index (χ3v) is 7.56. The molecule has 0 aromatic carbocycles. The number of anilines is 1. The van der Waals surface area contributed by atoms with Gasteiger partial charge in [-0.05, 0) is 70.0 Å². The SMILES string of the molecule is CC1CCCN1C1CCN(c2ccc(S(=O)(=O)NCC3CC3)cn2)CC1. The first-order chi connectivity index (χ1) is 12.5. The summed E-state index contributed by atoms with van der Waals surface area (Å²) in [6.45, 7) is 6.12. The first kappa shape index (κ1) is 18.2. The molecule has 2 aliphatic heterocycles. The van der Waals surface area contributed by atoms with E-state index in [-0.39, 0.29) is 4.90 Å². The lowest BCUT2D eigenvalue weighted by Crippen LogP contribution is -2.46. The standard InChI is InChI=1S/C19H30N4O2S/c1-15-3-2-10-23(15)17-8-11-22(12-9-17)19-7-6-18(14-20-19)26(24,25)21-13-16-4-5-16/h6-7,14-17,21H,2-5,8-13H2,1H3. The minimum absolute atomic E-state index is 0.266. The number of sulfonamides is 1. The fourth-order valence-electron chi connectivity index (χ4n) is 4.28. The van der Waals surface area contributed by atoms with E-state index in [1.54, 1.807) is 6.07 Å². The van der Waals surface area contributed by atoms with Crippen molar-refractivity contribution in [1.29, 1.82) is 0 Å². The fourth-order valence-corrected chi connectivity index (χ4v) is 5.34. The van der Waals surface area contributed by atoms with Gasteiger partial charge in [-0.3, -0.25) is 4.90 Å². The molecular formula is C19H30N4O2S. The highest BCUT2D eigenvalue weighted by Crippen LogP contribution is 2.29. The molecule has 4 rings (SSSR count). The van der Waals surface area contributed by atoms with E-state index in [4.69, 9.17) is 0 Å². The summed E-state index contributed by atoms with van der Waals surface area (Å²) in [5.74, 6) is 1.41. The molecule has 1 N–H and O–H groups in total. The normalized spacial score (nSPS) is 25.7. The summed E-state index contributed by atoms with van der Waals surface area (Å²) in [4.78, 5) is 9.66. The molecule has 2 saturated heterocycles. The number of pyridine rings is 1. The fraction of sp³-hybridized carbons (Fsp3) is 0.737. The van der Waals surface area contributed by atoms with Gasteiger partial charge < -0.3 is 4.90 Å². The zero-order chi connectivity index (χ0) is 18.1. The lowest BCUT2D eigenvalue weighted by atomic mass is 10.0. The van der Waals surface area contributed by atoms with Gasteiger partial charge >= 0.3 is 0 Å². The average Bonchev–Trinajstić information content (AvgIpc) is 3.40. The maximum atomic E-state index is 12.3. The van der Waals surface area contributed by atoms with Crippen LogP contribution in [0.25, 0.3) is 0 Å². The van der Waals surface area contributed by atoms with E-state index in [1.807, 2.05) is 6.07 Å². The monoisotopic (exact) mass is 378 g/mol. The number of hydrogen-bond acceptors (Lipinski definition) is 5. The number of hydrogen-bond donors (Lipinski definition) is 1. The van der Waals surface area contributed by atoms with Gasteiger partial charge in [-0.2, -0.15) is 0 Å². The second-order valence-electron chi connectivity index (χ2n) is 8.09. The van der Waals surface area contributed by atoms with E-state index in [0.29, 0.717) is 18.5 Å². The van der Waals surface area contributed by atoms with Gasteiger partial charge in [-0.1, -0.05) is 0 Å². The molecule has 1 atom stereocenters. The summed E-state index contributed by atoms with van der Waals surface area (Å²) < 4.78 is 27.3. The maximum Gasteiger partial charge on any atom is 0.242 e. The van der Waals surface area contributed by atoms with E-state index in [1.165, 1.54) is 25.6 Å². The first-order valence-electron chi connectivity index (χ1n) is 9.99. The van der Waals surface area contributed by atoms with Gasteiger partial charge in [0.05, 0.1) is 0 Å². The molecule has 0 radical (unpaired) electrons. The number of nitrogens with one attached hydrogen (secondary N) is 1. The van der Waals surface area contributed by atoms with Crippen molar-refractivity contribution < 1.29 is 8.42 Å². The second kappa shape index (κ2) is 7.44. The lowest BCUT2D eigenvalue weighted by molar-refractivity contribution is 0.163. The lowest BCUT2D eigenvalue weighted by Gasteiger charge is -2.39. The molecule has 1 saturated carbocycles. The number of rotatable bonds is 6. The van der Waals surface area contributed by atoms with Crippen LogP contribution >= 0.6 is 0 Å². The molecule has 1 aromatic heterocycles. The summed E-state index contributed by atoms with van der Waals surface area (Å²) in [5, 5.41) is 0. The zero-order valence-corrected chi connectivity index (χ0v) is 16.4. The van der Waals surface area contributed by atoms with E-state index in [2.05, 4.69) is 26.4 Å². The highest BCUT2D eigenvalue weighted by molar-refractivity contribution is 7.89. The van der Waals surface area contributed by atoms with Crippen molar-refractivity contribution in [3.05, 3.63) is 18.3 Å². The van der Waals surface area contributed by atoms with Crippen LogP contribution in [0.2, 0.25) is 0 Å². The van der Waals surface area contributed by atoms with Crippen LogP contribution in [0.4, 0.5) is 5.82 Å². The van der Waals surface area contributed by atoms with Crippen LogP contribution in [0.5, 0.6) is 0 Å². The Kier molecular flexibility index (Phi) is 5.21. The molecule has 1 aromatic rings. The topological polar surface area (TPSA) is 65.5 Å². The van der Waals surface area contributed by atoms with Crippen LogP contribution in [0.3, 0.4) is 0 Å². The summed E-state index contributed by atoms with van der Waals surface area (Å²) in [7, 11) is -3.43. The second-order valence-corrected chi connectivity index (χ2v) is 9.86. The van der Waals surface area contributed by atoms with Crippen molar-refractivity contribution in [2.75, 3.05) is 31.1 Å². The van der Waals surface area contributed by atoms with E-state index >= 15 is 0 Å². The van der Waals surface area contributed by atoms with Crippen molar-refractivity contribution in [3.8, 4) is 0 Å². The molecule has 6 nitrogen and oxygen atoms in total. The molecule has 26 heavy (non-hydrogen) atoms. The molecule has 3 heterocycles. The summed E-state index contributed by atoms with van der Waals surface area (Å²) >= 11 is 0. The van der Waals surface area contributed by atoms with Crippen molar-refractivity contribution in [2.24, 2.45) is 5.92 Å². The van der Waals surface area contributed by atoms with E-state index in [0.717, 1.165) is 50.6 Å². The maximum absolute atomic E-state index is 12.3. The van der Waals surface area contributed by atoms with Gasteiger partial charge in [0, 0.05) is 37.9 Å².